The molecule has 0 fully saturated rings. The molecule has 0 unspecified atom stereocenters. The average Bonchev–Trinajstić information content (AvgIpc) is 3.10. The summed E-state index contributed by atoms with van der Waals surface area (Å²) >= 11 is 3.33. The number of nitrogens with zero attached hydrogens (tertiary/aromatic N) is 4. The molecule has 0 aliphatic carbocycles. The van der Waals surface area contributed by atoms with Gasteiger partial charge in [0.2, 0.25) is 11.7 Å². The quantitative estimate of drug-likeness (QED) is 0.359. The maximum absolute atomic E-state index is 10.9. The number of pyridine rings is 1. The van der Waals surface area contributed by atoms with Crippen LogP contribution >= 0.6 is 15.9 Å². The standard InChI is InChI=1S/C15H11BrN4O5/c1-23-10-7-11(24-2)17-13(16)12(10)14-18-15(25-19-14)8-4-3-5-9(6-8)20(21)22/h3-7H,1-2H3. The zero-order valence-electron chi connectivity index (χ0n) is 13.1. The summed E-state index contributed by atoms with van der Waals surface area (Å²) in [6.45, 7) is 0. The summed E-state index contributed by atoms with van der Waals surface area (Å²) in [4.78, 5) is 18.9. The molecule has 0 radical (unpaired) electrons. The molecular formula is C15H11BrN4O5. The van der Waals surface area contributed by atoms with E-state index in [1.807, 2.05) is 0 Å². The Morgan fingerprint density at radius 2 is 2.00 bits per heavy atom. The Kier molecular flexibility index (Phi) is 4.61. The van der Waals surface area contributed by atoms with Crippen LogP contribution in [0.25, 0.3) is 22.8 Å². The van der Waals surface area contributed by atoms with Gasteiger partial charge in [0.1, 0.15) is 10.4 Å². The van der Waals surface area contributed by atoms with Crippen LogP contribution in [0.3, 0.4) is 0 Å². The lowest BCUT2D eigenvalue weighted by Gasteiger charge is -2.08. The van der Waals surface area contributed by atoms with Crippen molar-refractivity contribution in [2.75, 3.05) is 14.2 Å². The molecule has 0 aliphatic rings. The lowest BCUT2D eigenvalue weighted by molar-refractivity contribution is -0.384. The first-order chi connectivity index (χ1) is 12.0. The number of hydrogen-bond donors (Lipinski definition) is 0. The largest absolute Gasteiger partial charge is 0.496 e. The van der Waals surface area contributed by atoms with Crippen molar-refractivity contribution in [2.45, 2.75) is 0 Å². The molecule has 0 N–H and O–H groups in total. The smallest absolute Gasteiger partial charge is 0.270 e. The van der Waals surface area contributed by atoms with Crippen molar-refractivity contribution in [3.8, 4) is 34.5 Å². The molecule has 0 spiro atoms. The fraction of sp³-hybridized carbons (Fsp3) is 0.133. The Hall–Kier alpha value is -3.01. The molecule has 0 bridgehead atoms. The van der Waals surface area contributed by atoms with Crippen molar-refractivity contribution < 1.29 is 18.9 Å². The van der Waals surface area contributed by atoms with Gasteiger partial charge in [-0.1, -0.05) is 11.2 Å². The third-order valence-corrected chi connectivity index (χ3v) is 3.87. The van der Waals surface area contributed by atoms with Gasteiger partial charge < -0.3 is 14.0 Å². The van der Waals surface area contributed by atoms with Crippen molar-refractivity contribution in [1.82, 2.24) is 15.1 Å². The first-order valence-electron chi connectivity index (χ1n) is 6.91. The van der Waals surface area contributed by atoms with Gasteiger partial charge in [0, 0.05) is 23.8 Å². The fourth-order valence-electron chi connectivity index (χ4n) is 2.13. The molecule has 1 aromatic carbocycles. The van der Waals surface area contributed by atoms with Crippen LogP contribution in [0.15, 0.2) is 39.5 Å². The van der Waals surface area contributed by atoms with E-state index in [9.17, 15) is 10.1 Å². The minimum atomic E-state index is -0.492. The molecule has 3 rings (SSSR count). The van der Waals surface area contributed by atoms with Crippen LogP contribution in [0.2, 0.25) is 0 Å². The molecule has 3 aromatic rings. The van der Waals surface area contributed by atoms with Gasteiger partial charge in [-0.15, -0.1) is 0 Å². The maximum atomic E-state index is 10.9. The van der Waals surface area contributed by atoms with Gasteiger partial charge in [0.25, 0.3) is 11.6 Å². The highest BCUT2D eigenvalue weighted by Crippen LogP contribution is 2.37. The lowest BCUT2D eigenvalue weighted by Crippen LogP contribution is -1.96. The van der Waals surface area contributed by atoms with Gasteiger partial charge in [-0.3, -0.25) is 10.1 Å². The SMILES string of the molecule is COc1cc(OC)c(-c2noc(-c3cccc([N+](=O)[O-])c3)n2)c(Br)n1. The number of benzene rings is 1. The Balaban J connectivity index is 2.05. The summed E-state index contributed by atoms with van der Waals surface area (Å²) in [5.41, 5.74) is 0.843. The summed E-state index contributed by atoms with van der Waals surface area (Å²) in [6, 6.07) is 7.51. The summed E-state index contributed by atoms with van der Waals surface area (Å²) in [5, 5.41) is 14.8. The summed E-state index contributed by atoms with van der Waals surface area (Å²) < 4.78 is 16.1. The number of halogens is 1. The highest BCUT2D eigenvalue weighted by atomic mass is 79.9. The van der Waals surface area contributed by atoms with Crippen molar-refractivity contribution >= 4 is 21.6 Å². The van der Waals surface area contributed by atoms with Crippen molar-refractivity contribution in [3.63, 3.8) is 0 Å². The van der Waals surface area contributed by atoms with Crippen molar-refractivity contribution in [1.29, 1.82) is 0 Å². The number of nitro benzene ring substituents is 1. The normalized spacial score (nSPS) is 10.5. The van der Waals surface area contributed by atoms with Gasteiger partial charge in [0.15, 0.2) is 0 Å². The third kappa shape index (κ3) is 3.29. The van der Waals surface area contributed by atoms with E-state index in [0.717, 1.165) is 0 Å². The minimum absolute atomic E-state index is 0.0675. The van der Waals surface area contributed by atoms with E-state index in [1.165, 1.54) is 26.4 Å². The first kappa shape index (κ1) is 16.8. The van der Waals surface area contributed by atoms with E-state index in [-0.39, 0.29) is 17.4 Å². The second-order valence-corrected chi connectivity index (χ2v) is 5.51. The molecule has 2 aromatic heterocycles. The number of ether oxygens (including phenoxy) is 2. The van der Waals surface area contributed by atoms with Crippen LogP contribution in [0.1, 0.15) is 0 Å². The van der Waals surface area contributed by atoms with Gasteiger partial charge >= 0.3 is 0 Å². The second-order valence-electron chi connectivity index (χ2n) is 4.76. The summed E-state index contributed by atoms with van der Waals surface area (Å²) in [6.07, 6.45) is 0. The zero-order valence-corrected chi connectivity index (χ0v) is 14.7. The minimum Gasteiger partial charge on any atom is -0.496 e. The molecule has 25 heavy (non-hydrogen) atoms. The molecule has 0 amide bonds. The van der Waals surface area contributed by atoms with Crippen molar-refractivity contribution in [2.24, 2.45) is 0 Å². The summed E-state index contributed by atoms with van der Waals surface area (Å²) in [5.74, 6) is 1.16. The van der Waals surface area contributed by atoms with Crippen LogP contribution in [0.4, 0.5) is 5.69 Å². The van der Waals surface area contributed by atoms with Gasteiger partial charge in [0.05, 0.1) is 24.7 Å². The number of rotatable bonds is 5. The average molecular weight is 407 g/mol. The lowest BCUT2D eigenvalue weighted by atomic mass is 10.2. The Morgan fingerprint density at radius 1 is 1.20 bits per heavy atom. The molecular weight excluding hydrogens is 396 g/mol. The Labute approximate surface area is 149 Å². The highest BCUT2D eigenvalue weighted by molar-refractivity contribution is 9.10. The molecule has 0 saturated carbocycles. The van der Waals surface area contributed by atoms with E-state index in [0.29, 0.717) is 27.4 Å². The summed E-state index contributed by atoms with van der Waals surface area (Å²) in [7, 11) is 2.98. The predicted molar refractivity (Wildman–Crippen MR) is 90.4 cm³/mol. The van der Waals surface area contributed by atoms with Crippen LogP contribution in [-0.2, 0) is 0 Å². The van der Waals surface area contributed by atoms with Crippen LogP contribution in [-0.4, -0.2) is 34.3 Å². The molecule has 2 heterocycles. The van der Waals surface area contributed by atoms with Gasteiger partial charge in [-0.2, -0.15) is 4.98 Å². The predicted octanol–water partition coefficient (Wildman–Crippen LogP) is 3.49. The molecule has 128 valence electrons. The number of methoxy groups -OCH3 is 2. The maximum Gasteiger partial charge on any atom is 0.270 e. The topological polar surface area (TPSA) is 113 Å². The van der Waals surface area contributed by atoms with E-state index in [2.05, 4.69) is 31.1 Å². The number of non-ortho nitro benzene ring substituents is 1. The van der Waals surface area contributed by atoms with Crippen LogP contribution < -0.4 is 9.47 Å². The Bertz CT molecular complexity index is 943. The van der Waals surface area contributed by atoms with E-state index in [1.54, 1.807) is 18.2 Å². The van der Waals surface area contributed by atoms with Crippen LogP contribution in [0, 0.1) is 10.1 Å². The second kappa shape index (κ2) is 6.85. The monoisotopic (exact) mass is 406 g/mol. The van der Waals surface area contributed by atoms with Crippen LogP contribution in [0.5, 0.6) is 11.6 Å². The van der Waals surface area contributed by atoms with E-state index >= 15 is 0 Å². The van der Waals surface area contributed by atoms with Gasteiger partial charge in [-0.05, 0) is 22.0 Å². The van der Waals surface area contributed by atoms with Gasteiger partial charge in [-0.25, -0.2) is 4.98 Å². The van der Waals surface area contributed by atoms with E-state index in [4.69, 9.17) is 14.0 Å². The van der Waals surface area contributed by atoms with E-state index < -0.39 is 4.92 Å². The third-order valence-electron chi connectivity index (χ3n) is 3.30. The first-order valence-corrected chi connectivity index (χ1v) is 7.70. The highest BCUT2D eigenvalue weighted by Gasteiger charge is 2.21. The molecule has 0 saturated heterocycles. The number of nitro groups is 1. The molecule has 0 atom stereocenters. The molecule has 9 nitrogen and oxygen atoms in total. The fourth-order valence-corrected chi connectivity index (χ4v) is 2.68. The number of hydrogen-bond acceptors (Lipinski definition) is 8. The van der Waals surface area contributed by atoms with Crippen molar-refractivity contribution in [3.05, 3.63) is 45.0 Å². The Morgan fingerprint density at radius 3 is 2.68 bits per heavy atom. The zero-order chi connectivity index (χ0) is 18.0. The number of aromatic nitrogens is 3. The molecule has 0 aliphatic heterocycles. The molecule has 10 heteroatoms.